The SMILES string of the molecule is CC(=O)c1ccc(S(C)(=O)=O)c(NCCNc2cccc(Br)c2)c1. The minimum atomic E-state index is -3.37. The second-order valence-corrected chi connectivity index (χ2v) is 8.30. The molecule has 0 unspecified atom stereocenters. The number of carbonyl (C=O) groups excluding carboxylic acids is 1. The van der Waals surface area contributed by atoms with Crippen molar-refractivity contribution < 1.29 is 13.2 Å². The van der Waals surface area contributed by atoms with Crippen LogP contribution < -0.4 is 10.6 Å². The van der Waals surface area contributed by atoms with Crippen molar-refractivity contribution in [3.05, 3.63) is 52.5 Å². The topological polar surface area (TPSA) is 75.3 Å². The van der Waals surface area contributed by atoms with Gasteiger partial charge in [-0.15, -0.1) is 0 Å². The molecule has 0 amide bonds. The van der Waals surface area contributed by atoms with Gasteiger partial charge in [-0.05, 0) is 43.3 Å². The van der Waals surface area contributed by atoms with Gasteiger partial charge in [-0.2, -0.15) is 0 Å². The molecule has 24 heavy (non-hydrogen) atoms. The van der Waals surface area contributed by atoms with Gasteiger partial charge in [0.15, 0.2) is 15.6 Å². The van der Waals surface area contributed by atoms with Gasteiger partial charge in [-0.25, -0.2) is 8.42 Å². The van der Waals surface area contributed by atoms with Crippen LogP contribution >= 0.6 is 15.9 Å². The standard InChI is InChI=1S/C17H19BrN2O3S/c1-12(21)13-6-7-17(24(2,22)23)16(10-13)20-9-8-19-15-5-3-4-14(18)11-15/h3-7,10-11,19-20H,8-9H2,1-2H3. The molecule has 0 aliphatic heterocycles. The Morgan fingerprint density at radius 3 is 2.42 bits per heavy atom. The van der Waals surface area contributed by atoms with Gasteiger partial charge in [0, 0.05) is 35.1 Å². The quantitative estimate of drug-likeness (QED) is 0.538. The zero-order valence-electron chi connectivity index (χ0n) is 13.5. The van der Waals surface area contributed by atoms with Crippen molar-refractivity contribution in [1.82, 2.24) is 0 Å². The Labute approximate surface area is 150 Å². The highest BCUT2D eigenvalue weighted by atomic mass is 79.9. The summed E-state index contributed by atoms with van der Waals surface area (Å²) in [5.74, 6) is -0.106. The Kier molecular flexibility index (Phi) is 6.01. The maximum atomic E-state index is 11.9. The summed E-state index contributed by atoms with van der Waals surface area (Å²) in [5, 5.41) is 6.34. The van der Waals surface area contributed by atoms with Crippen LogP contribution in [-0.2, 0) is 9.84 Å². The van der Waals surface area contributed by atoms with Crippen LogP contribution in [0.3, 0.4) is 0 Å². The van der Waals surface area contributed by atoms with E-state index in [2.05, 4.69) is 26.6 Å². The first-order valence-corrected chi connectivity index (χ1v) is 10.0. The Morgan fingerprint density at radius 2 is 1.79 bits per heavy atom. The molecule has 7 heteroatoms. The molecule has 0 aliphatic carbocycles. The predicted octanol–water partition coefficient (Wildman–Crippen LogP) is 3.58. The zero-order valence-corrected chi connectivity index (χ0v) is 15.9. The van der Waals surface area contributed by atoms with Crippen molar-refractivity contribution in [1.29, 1.82) is 0 Å². The molecule has 0 fully saturated rings. The smallest absolute Gasteiger partial charge is 0.177 e. The molecule has 0 radical (unpaired) electrons. The summed E-state index contributed by atoms with van der Waals surface area (Å²) in [6.45, 7) is 2.56. The molecule has 0 aromatic heterocycles. The van der Waals surface area contributed by atoms with Crippen LogP contribution in [0.4, 0.5) is 11.4 Å². The number of rotatable bonds is 7. The summed E-state index contributed by atoms with van der Waals surface area (Å²) in [7, 11) is -3.37. The van der Waals surface area contributed by atoms with Crippen LogP contribution in [0.25, 0.3) is 0 Å². The molecule has 0 spiro atoms. The minimum absolute atomic E-state index is 0.106. The maximum absolute atomic E-state index is 11.9. The summed E-state index contributed by atoms with van der Waals surface area (Å²) in [6.07, 6.45) is 1.15. The number of carbonyl (C=O) groups is 1. The first-order chi connectivity index (χ1) is 11.3. The second-order valence-electron chi connectivity index (χ2n) is 5.40. The van der Waals surface area contributed by atoms with Crippen LogP contribution in [0.15, 0.2) is 51.8 Å². The van der Waals surface area contributed by atoms with Gasteiger partial charge in [0.1, 0.15) is 0 Å². The van der Waals surface area contributed by atoms with Crippen molar-refractivity contribution in [2.45, 2.75) is 11.8 Å². The summed E-state index contributed by atoms with van der Waals surface area (Å²) >= 11 is 3.41. The van der Waals surface area contributed by atoms with E-state index in [-0.39, 0.29) is 10.7 Å². The average molecular weight is 411 g/mol. The van der Waals surface area contributed by atoms with Gasteiger partial charge in [-0.3, -0.25) is 4.79 Å². The highest BCUT2D eigenvalue weighted by Crippen LogP contribution is 2.23. The lowest BCUT2D eigenvalue weighted by atomic mass is 10.1. The first kappa shape index (κ1) is 18.5. The average Bonchev–Trinajstić information content (AvgIpc) is 2.50. The summed E-state index contributed by atoms with van der Waals surface area (Å²) in [6, 6.07) is 12.4. The van der Waals surface area contributed by atoms with E-state index >= 15 is 0 Å². The molecule has 0 saturated heterocycles. The number of halogens is 1. The molecular weight excluding hydrogens is 392 g/mol. The third kappa shape index (κ3) is 5.07. The van der Waals surface area contributed by atoms with E-state index in [0.717, 1.165) is 16.4 Å². The Balaban J connectivity index is 2.07. The van der Waals surface area contributed by atoms with E-state index < -0.39 is 9.84 Å². The lowest BCUT2D eigenvalue weighted by Crippen LogP contribution is -2.15. The van der Waals surface area contributed by atoms with Crippen LogP contribution in [-0.4, -0.2) is 33.5 Å². The van der Waals surface area contributed by atoms with Gasteiger partial charge in [0.2, 0.25) is 0 Å². The van der Waals surface area contributed by atoms with Crippen molar-refractivity contribution in [2.24, 2.45) is 0 Å². The highest BCUT2D eigenvalue weighted by molar-refractivity contribution is 9.10. The fraction of sp³-hybridized carbons (Fsp3) is 0.235. The fourth-order valence-corrected chi connectivity index (χ4v) is 3.46. The number of nitrogens with one attached hydrogen (secondary N) is 2. The van der Waals surface area contributed by atoms with E-state index in [9.17, 15) is 13.2 Å². The molecule has 0 heterocycles. The van der Waals surface area contributed by atoms with E-state index in [1.807, 2.05) is 24.3 Å². The third-order valence-electron chi connectivity index (χ3n) is 3.38. The van der Waals surface area contributed by atoms with E-state index in [0.29, 0.717) is 24.3 Å². The van der Waals surface area contributed by atoms with Gasteiger partial charge >= 0.3 is 0 Å². The molecule has 2 N–H and O–H groups in total. The van der Waals surface area contributed by atoms with Crippen molar-refractivity contribution >= 4 is 42.9 Å². The molecule has 2 aromatic rings. The minimum Gasteiger partial charge on any atom is -0.383 e. The zero-order chi connectivity index (χ0) is 17.7. The van der Waals surface area contributed by atoms with Crippen LogP contribution in [0, 0.1) is 0 Å². The Bertz CT molecular complexity index is 851. The normalized spacial score (nSPS) is 11.1. The number of hydrogen-bond acceptors (Lipinski definition) is 5. The monoisotopic (exact) mass is 410 g/mol. The van der Waals surface area contributed by atoms with E-state index in [4.69, 9.17) is 0 Å². The lowest BCUT2D eigenvalue weighted by Gasteiger charge is -2.13. The van der Waals surface area contributed by atoms with Gasteiger partial charge < -0.3 is 10.6 Å². The molecule has 0 bridgehead atoms. The van der Waals surface area contributed by atoms with E-state index in [1.165, 1.54) is 19.1 Å². The molecule has 2 aromatic carbocycles. The number of ketones is 1. The second kappa shape index (κ2) is 7.81. The number of anilines is 2. The number of Topliss-reactive ketones (excluding diaryl/α,β-unsaturated/α-hetero) is 1. The molecule has 0 aliphatic rings. The molecule has 128 valence electrons. The summed E-state index contributed by atoms with van der Waals surface area (Å²) < 4.78 is 24.7. The lowest BCUT2D eigenvalue weighted by molar-refractivity contribution is 0.101. The van der Waals surface area contributed by atoms with Crippen molar-refractivity contribution in [2.75, 3.05) is 30.0 Å². The van der Waals surface area contributed by atoms with Gasteiger partial charge in [-0.1, -0.05) is 22.0 Å². The fourth-order valence-electron chi connectivity index (χ4n) is 2.21. The van der Waals surface area contributed by atoms with Crippen LogP contribution in [0.5, 0.6) is 0 Å². The maximum Gasteiger partial charge on any atom is 0.177 e. The number of hydrogen-bond donors (Lipinski definition) is 2. The van der Waals surface area contributed by atoms with Crippen molar-refractivity contribution in [3.63, 3.8) is 0 Å². The third-order valence-corrected chi connectivity index (χ3v) is 5.03. The first-order valence-electron chi connectivity index (χ1n) is 7.36. The predicted molar refractivity (Wildman–Crippen MR) is 101 cm³/mol. The molecule has 2 rings (SSSR count). The Hall–Kier alpha value is -1.86. The molecule has 0 saturated carbocycles. The number of benzene rings is 2. The van der Waals surface area contributed by atoms with Gasteiger partial charge in [0.25, 0.3) is 0 Å². The number of sulfone groups is 1. The van der Waals surface area contributed by atoms with Crippen molar-refractivity contribution in [3.8, 4) is 0 Å². The molecule has 5 nitrogen and oxygen atoms in total. The summed E-state index contributed by atoms with van der Waals surface area (Å²) in [5.41, 5.74) is 1.89. The van der Waals surface area contributed by atoms with Crippen LogP contribution in [0.1, 0.15) is 17.3 Å². The molecule has 0 atom stereocenters. The molecular formula is C17H19BrN2O3S. The Morgan fingerprint density at radius 1 is 1.08 bits per heavy atom. The van der Waals surface area contributed by atoms with Gasteiger partial charge in [0.05, 0.1) is 10.6 Å². The van der Waals surface area contributed by atoms with Crippen LogP contribution in [0.2, 0.25) is 0 Å². The highest BCUT2D eigenvalue weighted by Gasteiger charge is 2.14. The summed E-state index contributed by atoms with van der Waals surface area (Å²) in [4.78, 5) is 11.7. The van der Waals surface area contributed by atoms with E-state index in [1.54, 1.807) is 6.07 Å². The largest absolute Gasteiger partial charge is 0.383 e.